The van der Waals surface area contributed by atoms with Crippen LogP contribution in [0.4, 0.5) is 0 Å². The molecular weight excluding hydrogens is 148 g/mol. The molecule has 0 aliphatic carbocycles. The molecule has 0 N–H and O–H groups in total. The fourth-order valence-electron chi connectivity index (χ4n) is 1.50. The summed E-state index contributed by atoms with van der Waals surface area (Å²) in [5.41, 5.74) is 1.70. The molecule has 0 fully saturated rings. The van der Waals surface area contributed by atoms with Crippen molar-refractivity contribution in [2.75, 3.05) is 6.61 Å². The highest BCUT2D eigenvalue weighted by Crippen LogP contribution is 2.40. The Morgan fingerprint density at radius 3 is 2.33 bits per heavy atom. The molecule has 1 nitrogen and oxygen atoms in total. The summed E-state index contributed by atoms with van der Waals surface area (Å²) in [5, 5.41) is 0. The standard InChI is InChI=1S/C11H20O/c1-9-6-7-12-11(5,8-9)10(2,3)4/h6H,7-8H2,1-5H3. The molecule has 1 rings (SSSR count). The van der Waals surface area contributed by atoms with Crippen LogP contribution < -0.4 is 0 Å². The first-order valence-electron chi connectivity index (χ1n) is 4.65. The SMILES string of the molecule is CC1=CCOC(C)(C(C)(C)C)C1. The number of hydrogen-bond donors (Lipinski definition) is 0. The molecule has 1 unspecified atom stereocenters. The van der Waals surface area contributed by atoms with E-state index in [1.165, 1.54) is 5.57 Å². The van der Waals surface area contributed by atoms with E-state index in [4.69, 9.17) is 4.74 Å². The summed E-state index contributed by atoms with van der Waals surface area (Å²) in [4.78, 5) is 0. The van der Waals surface area contributed by atoms with E-state index in [0.29, 0.717) is 0 Å². The minimum absolute atomic E-state index is 0.0197. The predicted molar refractivity (Wildman–Crippen MR) is 52.2 cm³/mol. The Morgan fingerprint density at radius 1 is 1.42 bits per heavy atom. The minimum atomic E-state index is 0.0197. The van der Waals surface area contributed by atoms with E-state index in [2.05, 4.69) is 40.7 Å². The maximum Gasteiger partial charge on any atom is 0.0743 e. The van der Waals surface area contributed by atoms with Gasteiger partial charge in [-0.15, -0.1) is 0 Å². The monoisotopic (exact) mass is 168 g/mol. The Bertz CT molecular complexity index is 198. The van der Waals surface area contributed by atoms with Crippen molar-refractivity contribution < 1.29 is 4.74 Å². The summed E-state index contributed by atoms with van der Waals surface area (Å²) in [5.74, 6) is 0. The Balaban J connectivity index is 2.81. The van der Waals surface area contributed by atoms with Crippen molar-refractivity contribution in [1.29, 1.82) is 0 Å². The van der Waals surface area contributed by atoms with Crippen LogP contribution >= 0.6 is 0 Å². The average Bonchev–Trinajstić information content (AvgIpc) is 1.83. The maximum absolute atomic E-state index is 5.82. The number of rotatable bonds is 0. The number of ether oxygens (including phenoxy) is 1. The molecule has 0 saturated heterocycles. The van der Waals surface area contributed by atoms with Crippen LogP contribution in [0, 0.1) is 5.41 Å². The summed E-state index contributed by atoms with van der Waals surface area (Å²) in [6.07, 6.45) is 3.24. The van der Waals surface area contributed by atoms with Crippen molar-refractivity contribution in [3.8, 4) is 0 Å². The van der Waals surface area contributed by atoms with Crippen molar-refractivity contribution in [2.45, 2.75) is 46.6 Å². The third-order valence-corrected chi connectivity index (χ3v) is 3.04. The van der Waals surface area contributed by atoms with Crippen LogP contribution in [0.3, 0.4) is 0 Å². The van der Waals surface area contributed by atoms with Gasteiger partial charge in [0.05, 0.1) is 12.2 Å². The van der Waals surface area contributed by atoms with Gasteiger partial charge in [-0.05, 0) is 25.7 Å². The molecule has 0 aromatic carbocycles. The molecule has 70 valence electrons. The second kappa shape index (κ2) is 2.88. The van der Waals surface area contributed by atoms with Gasteiger partial charge in [-0.2, -0.15) is 0 Å². The van der Waals surface area contributed by atoms with Crippen LogP contribution in [-0.4, -0.2) is 12.2 Å². The van der Waals surface area contributed by atoms with Gasteiger partial charge >= 0.3 is 0 Å². The average molecular weight is 168 g/mol. The molecule has 1 heterocycles. The van der Waals surface area contributed by atoms with Crippen LogP contribution in [0.5, 0.6) is 0 Å². The fraction of sp³-hybridized carbons (Fsp3) is 0.818. The fourth-order valence-corrected chi connectivity index (χ4v) is 1.50. The van der Waals surface area contributed by atoms with E-state index >= 15 is 0 Å². The first-order valence-corrected chi connectivity index (χ1v) is 4.65. The van der Waals surface area contributed by atoms with E-state index in [1.54, 1.807) is 0 Å². The lowest BCUT2D eigenvalue weighted by Crippen LogP contribution is -2.44. The molecule has 0 aromatic rings. The largest absolute Gasteiger partial charge is 0.370 e. The zero-order valence-electron chi connectivity index (χ0n) is 8.90. The van der Waals surface area contributed by atoms with Gasteiger partial charge in [-0.3, -0.25) is 0 Å². The lowest BCUT2D eigenvalue weighted by Gasteiger charge is -2.44. The van der Waals surface area contributed by atoms with Gasteiger partial charge in [0, 0.05) is 0 Å². The highest BCUT2D eigenvalue weighted by Gasteiger charge is 2.39. The Labute approximate surface area is 75.8 Å². The molecule has 0 radical (unpaired) electrons. The van der Waals surface area contributed by atoms with Crippen LogP contribution in [0.2, 0.25) is 0 Å². The van der Waals surface area contributed by atoms with Crippen LogP contribution in [0.1, 0.15) is 41.0 Å². The van der Waals surface area contributed by atoms with Gasteiger partial charge in [0.15, 0.2) is 0 Å². The summed E-state index contributed by atoms with van der Waals surface area (Å²) in [7, 11) is 0. The second-order valence-electron chi connectivity index (χ2n) is 5.02. The number of hydrogen-bond acceptors (Lipinski definition) is 1. The Hall–Kier alpha value is -0.300. The molecule has 0 bridgehead atoms. The first-order chi connectivity index (χ1) is 5.35. The normalized spacial score (nSPS) is 31.6. The quantitative estimate of drug-likeness (QED) is 0.505. The summed E-state index contributed by atoms with van der Waals surface area (Å²) in [6, 6.07) is 0. The van der Waals surface area contributed by atoms with E-state index in [-0.39, 0.29) is 11.0 Å². The van der Waals surface area contributed by atoms with Crippen LogP contribution in [-0.2, 0) is 4.74 Å². The zero-order chi connectivity index (χ0) is 9.41. The van der Waals surface area contributed by atoms with Gasteiger partial charge in [-0.1, -0.05) is 32.4 Å². The lowest BCUT2D eigenvalue weighted by molar-refractivity contribution is -0.0994. The molecule has 1 atom stereocenters. The second-order valence-corrected chi connectivity index (χ2v) is 5.02. The zero-order valence-corrected chi connectivity index (χ0v) is 8.90. The molecule has 1 aliphatic rings. The van der Waals surface area contributed by atoms with E-state index in [9.17, 15) is 0 Å². The third-order valence-electron chi connectivity index (χ3n) is 3.04. The highest BCUT2D eigenvalue weighted by atomic mass is 16.5. The highest BCUT2D eigenvalue weighted by molar-refractivity contribution is 5.09. The topological polar surface area (TPSA) is 9.23 Å². The van der Waals surface area contributed by atoms with Crippen molar-refractivity contribution in [3.05, 3.63) is 11.6 Å². The van der Waals surface area contributed by atoms with Crippen molar-refractivity contribution >= 4 is 0 Å². The van der Waals surface area contributed by atoms with Crippen molar-refractivity contribution in [3.63, 3.8) is 0 Å². The third kappa shape index (κ3) is 1.71. The molecule has 12 heavy (non-hydrogen) atoms. The Morgan fingerprint density at radius 2 is 2.00 bits per heavy atom. The summed E-state index contributed by atoms with van der Waals surface area (Å²) in [6.45, 7) is 11.9. The van der Waals surface area contributed by atoms with E-state index < -0.39 is 0 Å². The molecule has 0 saturated carbocycles. The van der Waals surface area contributed by atoms with Crippen molar-refractivity contribution in [2.24, 2.45) is 5.41 Å². The summed E-state index contributed by atoms with van der Waals surface area (Å²) < 4.78 is 5.82. The van der Waals surface area contributed by atoms with Gasteiger partial charge in [0.25, 0.3) is 0 Å². The predicted octanol–water partition coefficient (Wildman–Crippen LogP) is 3.16. The van der Waals surface area contributed by atoms with E-state index in [1.807, 2.05) is 0 Å². The van der Waals surface area contributed by atoms with Gasteiger partial charge < -0.3 is 4.74 Å². The van der Waals surface area contributed by atoms with Crippen LogP contribution in [0.25, 0.3) is 0 Å². The summed E-state index contributed by atoms with van der Waals surface area (Å²) >= 11 is 0. The van der Waals surface area contributed by atoms with Crippen molar-refractivity contribution in [1.82, 2.24) is 0 Å². The molecule has 1 heteroatoms. The molecule has 0 aromatic heterocycles. The molecule has 1 aliphatic heterocycles. The van der Waals surface area contributed by atoms with E-state index in [0.717, 1.165) is 13.0 Å². The van der Waals surface area contributed by atoms with Gasteiger partial charge in [0.1, 0.15) is 0 Å². The molecular formula is C11H20O. The molecule has 0 spiro atoms. The smallest absolute Gasteiger partial charge is 0.0743 e. The first kappa shape index (κ1) is 9.79. The van der Waals surface area contributed by atoms with Crippen LogP contribution in [0.15, 0.2) is 11.6 Å². The maximum atomic E-state index is 5.82. The Kier molecular flexibility index (Phi) is 2.35. The minimum Gasteiger partial charge on any atom is -0.370 e. The molecule has 0 amide bonds. The van der Waals surface area contributed by atoms with Gasteiger partial charge in [0.2, 0.25) is 0 Å². The van der Waals surface area contributed by atoms with Gasteiger partial charge in [-0.25, -0.2) is 0 Å². The lowest BCUT2D eigenvalue weighted by atomic mass is 9.73.